The van der Waals surface area contributed by atoms with Gasteiger partial charge in [-0.05, 0) is 33.1 Å². The van der Waals surface area contributed by atoms with Crippen LogP contribution in [0.4, 0.5) is 8.78 Å². The topological polar surface area (TPSA) is 26.7 Å². The molecule has 1 fully saturated rings. The van der Waals surface area contributed by atoms with Crippen molar-refractivity contribution in [3.05, 3.63) is 35.4 Å². The first-order valence-corrected chi connectivity index (χ1v) is 6.49. The Balaban J connectivity index is 1.98. The minimum Gasteiger partial charge on any atom is -0.387 e. The van der Waals surface area contributed by atoms with Gasteiger partial charge in [-0.25, -0.2) is 8.78 Å². The van der Waals surface area contributed by atoms with E-state index in [1.807, 2.05) is 14.1 Å². The molecule has 0 amide bonds. The Hall–Kier alpha value is -1.04. The molecule has 106 valence electrons. The molecule has 1 aliphatic rings. The van der Waals surface area contributed by atoms with Crippen molar-refractivity contribution in [3.63, 3.8) is 0 Å². The average Bonchev–Trinajstić information content (AvgIpc) is 2.81. The van der Waals surface area contributed by atoms with E-state index in [1.54, 1.807) is 0 Å². The molecular weight excluding hydrogens is 250 g/mol. The normalized spacial score (nSPS) is 22.1. The lowest BCUT2D eigenvalue weighted by Gasteiger charge is -2.22. The lowest BCUT2D eigenvalue weighted by Crippen LogP contribution is -2.33. The van der Waals surface area contributed by atoms with Gasteiger partial charge in [0.1, 0.15) is 0 Å². The van der Waals surface area contributed by atoms with Gasteiger partial charge in [-0.3, -0.25) is 4.90 Å². The van der Waals surface area contributed by atoms with Crippen LogP contribution in [0.5, 0.6) is 0 Å². The highest BCUT2D eigenvalue weighted by Crippen LogP contribution is 2.22. The molecule has 1 aliphatic heterocycles. The molecule has 0 aliphatic carbocycles. The van der Waals surface area contributed by atoms with Crippen LogP contribution >= 0.6 is 0 Å². The van der Waals surface area contributed by atoms with Crippen LogP contribution < -0.4 is 0 Å². The monoisotopic (exact) mass is 270 g/mol. The summed E-state index contributed by atoms with van der Waals surface area (Å²) in [6.45, 7) is 2.06. The van der Waals surface area contributed by atoms with Gasteiger partial charge in [0, 0.05) is 24.7 Å². The molecule has 1 N–H and O–H groups in total. The summed E-state index contributed by atoms with van der Waals surface area (Å²) in [7, 11) is 4.05. The lowest BCUT2D eigenvalue weighted by atomic mass is 10.1. The number of likely N-dealkylation sites (N-methyl/N-ethyl adjacent to an activating group) is 1. The van der Waals surface area contributed by atoms with E-state index in [9.17, 15) is 13.9 Å². The molecule has 1 aromatic carbocycles. The summed E-state index contributed by atoms with van der Waals surface area (Å²) in [5, 5.41) is 10.0. The molecule has 0 bridgehead atoms. The van der Waals surface area contributed by atoms with E-state index in [4.69, 9.17) is 0 Å². The van der Waals surface area contributed by atoms with Gasteiger partial charge in [0.15, 0.2) is 11.6 Å². The van der Waals surface area contributed by atoms with E-state index in [-0.39, 0.29) is 5.56 Å². The number of aliphatic hydroxyl groups excluding tert-OH is 1. The van der Waals surface area contributed by atoms with Crippen LogP contribution in [0.25, 0.3) is 0 Å². The standard InChI is InChI=1S/C14H20F2N2O/c1-17(2)10-6-7-18(8-10)9-13(19)11-4-3-5-12(15)14(11)16/h3-5,10,13,19H,6-9H2,1-2H3. The maximum Gasteiger partial charge on any atom is 0.164 e. The van der Waals surface area contributed by atoms with Gasteiger partial charge in [-0.1, -0.05) is 12.1 Å². The van der Waals surface area contributed by atoms with E-state index in [0.29, 0.717) is 12.6 Å². The Kier molecular flexibility index (Phi) is 4.50. The number of hydrogen-bond acceptors (Lipinski definition) is 3. The number of aliphatic hydroxyl groups is 1. The third kappa shape index (κ3) is 3.29. The number of rotatable bonds is 4. The van der Waals surface area contributed by atoms with Gasteiger partial charge < -0.3 is 10.0 Å². The summed E-state index contributed by atoms with van der Waals surface area (Å²) >= 11 is 0. The molecular formula is C14H20F2N2O. The minimum absolute atomic E-state index is 0.0355. The molecule has 0 aromatic heterocycles. The highest BCUT2D eigenvalue weighted by molar-refractivity contribution is 5.21. The fourth-order valence-electron chi connectivity index (χ4n) is 2.52. The van der Waals surface area contributed by atoms with Crippen LogP contribution in [0, 0.1) is 11.6 Å². The first kappa shape index (κ1) is 14.4. The van der Waals surface area contributed by atoms with Crippen LogP contribution in [0.3, 0.4) is 0 Å². The summed E-state index contributed by atoms with van der Waals surface area (Å²) in [6.07, 6.45) is 0.0438. The van der Waals surface area contributed by atoms with Crippen molar-refractivity contribution in [1.82, 2.24) is 9.80 Å². The van der Waals surface area contributed by atoms with E-state index in [2.05, 4.69) is 9.80 Å². The predicted octanol–water partition coefficient (Wildman–Crippen LogP) is 1.63. The summed E-state index contributed by atoms with van der Waals surface area (Å²) in [5.74, 6) is -1.86. The van der Waals surface area contributed by atoms with Crippen molar-refractivity contribution in [3.8, 4) is 0 Å². The molecule has 2 unspecified atom stereocenters. The molecule has 0 radical (unpaired) electrons. The minimum atomic E-state index is -0.989. The number of likely N-dealkylation sites (tertiary alicyclic amines) is 1. The molecule has 2 rings (SSSR count). The van der Waals surface area contributed by atoms with Crippen molar-refractivity contribution in [2.45, 2.75) is 18.6 Å². The summed E-state index contributed by atoms with van der Waals surface area (Å²) in [4.78, 5) is 4.23. The second kappa shape index (κ2) is 5.94. The summed E-state index contributed by atoms with van der Waals surface area (Å²) in [6, 6.07) is 4.37. The zero-order chi connectivity index (χ0) is 14.0. The van der Waals surface area contributed by atoms with Crippen molar-refractivity contribution < 1.29 is 13.9 Å². The molecule has 0 spiro atoms. The number of β-amino-alcohol motifs (C(OH)–C–C–N with tert-alkyl or cyclic N) is 1. The van der Waals surface area contributed by atoms with Gasteiger partial charge >= 0.3 is 0 Å². The summed E-state index contributed by atoms with van der Waals surface area (Å²) in [5.41, 5.74) is 0.0355. The first-order valence-electron chi connectivity index (χ1n) is 6.49. The van der Waals surface area contributed by atoms with Crippen LogP contribution in [0.2, 0.25) is 0 Å². The molecule has 19 heavy (non-hydrogen) atoms. The molecule has 1 heterocycles. The number of hydrogen-bond donors (Lipinski definition) is 1. The van der Waals surface area contributed by atoms with Gasteiger partial charge in [0.25, 0.3) is 0 Å². The van der Waals surface area contributed by atoms with Crippen molar-refractivity contribution in [1.29, 1.82) is 0 Å². The molecule has 2 atom stereocenters. The Morgan fingerprint density at radius 1 is 1.42 bits per heavy atom. The third-order valence-electron chi connectivity index (χ3n) is 3.75. The zero-order valence-electron chi connectivity index (χ0n) is 11.3. The summed E-state index contributed by atoms with van der Waals surface area (Å²) < 4.78 is 26.7. The van der Waals surface area contributed by atoms with Gasteiger partial charge in [-0.2, -0.15) is 0 Å². The maximum atomic E-state index is 13.6. The molecule has 1 aromatic rings. The largest absolute Gasteiger partial charge is 0.387 e. The number of halogens is 2. The van der Waals surface area contributed by atoms with E-state index >= 15 is 0 Å². The second-order valence-corrected chi connectivity index (χ2v) is 5.32. The Labute approximate surface area is 112 Å². The van der Waals surface area contributed by atoms with Crippen molar-refractivity contribution in [2.24, 2.45) is 0 Å². The van der Waals surface area contributed by atoms with Gasteiger partial charge in [-0.15, -0.1) is 0 Å². The third-order valence-corrected chi connectivity index (χ3v) is 3.75. The maximum absolute atomic E-state index is 13.6. The van der Waals surface area contributed by atoms with Crippen molar-refractivity contribution >= 4 is 0 Å². The first-order chi connectivity index (χ1) is 8.99. The number of benzene rings is 1. The molecule has 3 nitrogen and oxygen atoms in total. The molecule has 0 saturated carbocycles. The van der Waals surface area contributed by atoms with Crippen molar-refractivity contribution in [2.75, 3.05) is 33.7 Å². The van der Waals surface area contributed by atoms with Crippen LogP contribution in [0.1, 0.15) is 18.1 Å². The highest BCUT2D eigenvalue weighted by Gasteiger charge is 2.26. The van der Waals surface area contributed by atoms with Crippen LogP contribution in [-0.4, -0.2) is 54.7 Å². The van der Waals surface area contributed by atoms with E-state index in [1.165, 1.54) is 12.1 Å². The van der Waals surface area contributed by atoms with E-state index < -0.39 is 17.7 Å². The smallest absolute Gasteiger partial charge is 0.164 e. The van der Waals surface area contributed by atoms with Crippen LogP contribution in [0.15, 0.2) is 18.2 Å². The quantitative estimate of drug-likeness (QED) is 0.901. The second-order valence-electron chi connectivity index (χ2n) is 5.32. The van der Waals surface area contributed by atoms with Crippen LogP contribution in [-0.2, 0) is 0 Å². The average molecular weight is 270 g/mol. The highest BCUT2D eigenvalue weighted by atomic mass is 19.2. The number of nitrogens with zero attached hydrogens (tertiary/aromatic N) is 2. The predicted molar refractivity (Wildman–Crippen MR) is 69.8 cm³/mol. The lowest BCUT2D eigenvalue weighted by molar-refractivity contribution is 0.118. The Morgan fingerprint density at radius 2 is 2.16 bits per heavy atom. The van der Waals surface area contributed by atoms with Gasteiger partial charge in [0.05, 0.1) is 6.10 Å². The molecule has 1 saturated heterocycles. The van der Waals surface area contributed by atoms with Gasteiger partial charge in [0.2, 0.25) is 0 Å². The van der Waals surface area contributed by atoms with E-state index in [0.717, 1.165) is 25.6 Å². The zero-order valence-corrected chi connectivity index (χ0v) is 11.3. The molecule has 5 heteroatoms. The Bertz CT molecular complexity index is 439. The SMILES string of the molecule is CN(C)C1CCN(CC(O)c2cccc(F)c2F)C1. The Morgan fingerprint density at radius 3 is 2.79 bits per heavy atom. The fourth-order valence-corrected chi connectivity index (χ4v) is 2.52. The fraction of sp³-hybridized carbons (Fsp3) is 0.571.